The van der Waals surface area contributed by atoms with E-state index in [0.29, 0.717) is 5.56 Å². The Morgan fingerprint density at radius 1 is 1.27 bits per heavy atom. The van der Waals surface area contributed by atoms with Crippen LogP contribution in [0, 0.1) is 0 Å². The number of halogens is 3. The van der Waals surface area contributed by atoms with Crippen LogP contribution in [0.4, 0.5) is 13.2 Å². The van der Waals surface area contributed by atoms with Gasteiger partial charge in [-0.2, -0.15) is 13.2 Å². The van der Waals surface area contributed by atoms with Crippen molar-refractivity contribution in [1.82, 2.24) is 0 Å². The standard InChI is InChI=1S/C10H9F3O2/c11-10(12,13)9-5-7(14)6-3-1-2-4-8(6)15-9/h1-4,7,9,14H,5H2/t7-,9+/m0/s1. The molecular formula is C10H9F3O2. The van der Waals surface area contributed by atoms with Crippen molar-refractivity contribution in [2.75, 3.05) is 0 Å². The number of fused-ring (bicyclic) bond motifs is 1. The minimum atomic E-state index is -4.44. The Bertz CT molecular complexity index is 362. The molecular weight excluding hydrogens is 209 g/mol. The van der Waals surface area contributed by atoms with Gasteiger partial charge in [0.25, 0.3) is 0 Å². The second kappa shape index (κ2) is 3.41. The molecule has 2 nitrogen and oxygen atoms in total. The average molecular weight is 218 g/mol. The Balaban J connectivity index is 2.30. The molecule has 1 aliphatic heterocycles. The highest BCUT2D eigenvalue weighted by molar-refractivity contribution is 5.37. The Labute approximate surface area is 84.3 Å². The molecule has 0 spiro atoms. The summed E-state index contributed by atoms with van der Waals surface area (Å²) in [6.45, 7) is 0. The number of ether oxygens (including phenoxy) is 1. The largest absolute Gasteiger partial charge is 0.480 e. The lowest BCUT2D eigenvalue weighted by Crippen LogP contribution is -2.38. The summed E-state index contributed by atoms with van der Waals surface area (Å²) in [6, 6.07) is 6.21. The lowest BCUT2D eigenvalue weighted by atomic mass is 9.99. The Morgan fingerprint density at radius 3 is 2.60 bits per heavy atom. The molecule has 15 heavy (non-hydrogen) atoms. The zero-order chi connectivity index (χ0) is 11.1. The highest BCUT2D eigenvalue weighted by Crippen LogP contribution is 2.39. The smallest absolute Gasteiger partial charge is 0.425 e. The third-order valence-corrected chi connectivity index (χ3v) is 2.35. The Morgan fingerprint density at radius 2 is 1.93 bits per heavy atom. The normalized spacial score (nSPS) is 25.6. The van der Waals surface area contributed by atoms with Gasteiger partial charge in [0.05, 0.1) is 6.10 Å². The molecule has 0 saturated heterocycles. The van der Waals surface area contributed by atoms with Crippen molar-refractivity contribution in [3.8, 4) is 5.75 Å². The second-order valence-corrected chi connectivity index (χ2v) is 3.44. The highest BCUT2D eigenvalue weighted by Gasteiger charge is 2.45. The molecule has 0 radical (unpaired) electrons. The number of para-hydroxylation sites is 1. The second-order valence-electron chi connectivity index (χ2n) is 3.44. The fraction of sp³-hybridized carbons (Fsp3) is 0.400. The van der Waals surface area contributed by atoms with E-state index in [0.717, 1.165) is 0 Å². The van der Waals surface area contributed by atoms with Crippen molar-refractivity contribution >= 4 is 0 Å². The summed E-state index contributed by atoms with van der Waals surface area (Å²) in [5.74, 6) is 0.110. The molecule has 2 rings (SSSR count). The summed E-state index contributed by atoms with van der Waals surface area (Å²) in [7, 11) is 0. The van der Waals surface area contributed by atoms with E-state index in [4.69, 9.17) is 4.74 Å². The van der Waals surface area contributed by atoms with E-state index < -0.39 is 24.8 Å². The first-order chi connectivity index (χ1) is 6.98. The number of hydrogen-bond donors (Lipinski definition) is 1. The Kier molecular flexibility index (Phi) is 2.34. The Hall–Kier alpha value is -1.23. The minimum Gasteiger partial charge on any atom is -0.480 e. The van der Waals surface area contributed by atoms with Gasteiger partial charge < -0.3 is 9.84 Å². The maximum Gasteiger partial charge on any atom is 0.425 e. The van der Waals surface area contributed by atoms with Gasteiger partial charge in [0.15, 0.2) is 6.10 Å². The van der Waals surface area contributed by atoms with E-state index in [1.165, 1.54) is 6.07 Å². The zero-order valence-corrected chi connectivity index (χ0v) is 7.66. The molecule has 0 unspecified atom stereocenters. The van der Waals surface area contributed by atoms with Gasteiger partial charge in [-0.25, -0.2) is 0 Å². The van der Waals surface area contributed by atoms with Crippen molar-refractivity contribution in [2.24, 2.45) is 0 Å². The van der Waals surface area contributed by atoms with Crippen molar-refractivity contribution in [3.63, 3.8) is 0 Å². The molecule has 1 aromatic carbocycles. The van der Waals surface area contributed by atoms with E-state index in [-0.39, 0.29) is 5.75 Å². The van der Waals surface area contributed by atoms with Crippen LogP contribution in [-0.4, -0.2) is 17.4 Å². The predicted octanol–water partition coefficient (Wildman–Crippen LogP) is 2.43. The molecule has 82 valence electrons. The van der Waals surface area contributed by atoms with Crippen LogP contribution in [0.3, 0.4) is 0 Å². The van der Waals surface area contributed by atoms with Gasteiger partial charge in [-0.05, 0) is 6.07 Å². The molecule has 5 heteroatoms. The van der Waals surface area contributed by atoms with Crippen LogP contribution in [0.15, 0.2) is 24.3 Å². The van der Waals surface area contributed by atoms with Gasteiger partial charge >= 0.3 is 6.18 Å². The van der Waals surface area contributed by atoms with E-state index in [9.17, 15) is 18.3 Å². The summed E-state index contributed by atoms with van der Waals surface area (Å²) in [5, 5.41) is 9.52. The zero-order valence-electron chi connectivity index (χ0n) is 7.66. The minimum absolute atomic E-state index is 0.110. The monoisotopic (exact) mass is 218 g/mol. The molecule has 0 aliphatic carbocycles. The first-order valence-corrected chi connectivity index (χ1v) is 4.49. The van der Waals surface area contributed by atoms with Crippen LogP contribution in [0.5, 0.6) is 5.75 Å². The third kappa shape index (κ3) is 1.92. The van der Waals surface area contributed by atoms with Crippen LogP contribution in [0.25, 0.3) is 0 Å². The van der Waals surface area contributed by atoms with Crippen molar-refractivity contribution in [2.45, 2.75) is 24.8 Å². The van der Waals surface area contributed by atoms with Crippen molar-refractivity contribution in [3.05, 3.63) is 29.8 Å². The van der Waals surface area contributed by atoms with Crippen molar-refractivity contribution < 1.29 is 23.0 Å². The molecule has 1 aromatic rings. The molecule has 0 saturated carbocycles. The summed E-state index contributed by atoms with van der Waals surface area (Å²) >= 11 is 0. The summed E-state index contributed by atoms with van der Waals surface area (Å²) in [6.07, 6.45) is -7.90. The lowest BCUT2D eigenvalue weighted by molar-refractivity contribution is -0.207. The van der Waals surface area contributed by atoms with Crippen LogP contribution in [0.2, 0.25) is 0 Å². The van der Waals surface area contributed by atoms with Gasteiger partial charge in [-0.15, -0.1) is 0 Å². The lowest BCUT2D eigenvalue weighted by Gasteiger charge is -2.30. The van der Waals surface area contributed by atoms with Gasteiger partial charge in [-0.1, -0.05) is 18.2 Å². The van der Waals surface area contributed by atoms with Crippen LogP contribution < -0.4 is 4.74 Å². The number of benzene rings is 1. The van der Waals surface area contributed by atoms with Gasteiger partial charge in [0.1, 0.15) is 5.75 Å². The third-order valence-electron chi connectivity index (χ3n) is 2.35. The maximum atomic E-state index is 12.4. The molecule has 2 atom stereocenters. The molecule has 0 amide bonds. The first kappa shape index (κ1) is 10.3. The SMILES string of the molecule is O[C@H]1C[C@H](C(F)(F)F)Oc2ccccc21. The summed E-state index contributed by atoms with van der Waals surface area (Å²) in [5.41, 5.74) is 0.415. The van der Waals surface area contributed by atoms with E-state index in [2.05, 4.69) is 0 Å². The predicted molar refractivity (Wildman–Crippen MR) is 46.5 cm³/mol. The summed E-state index contributed by atoms with van der Waals surface area (Å²) in [4.78, 5) is 0. The average Bonchev–Trinajstić information content (AvgIpc) is 2.16. The van der Waals surface area contributed by atoms with E-state index in [1.807, 2.05) is 0 Å². The number of aliphatic hydroxyl groups excluding tert-OH is 1. The van der Waals surface area contributed by atoms with Crippen LogP contribution >= 0.6 is 0 Å². The van der Waals surface area contributed by atoms with Crippen LogP contribution in [-0.2, 0) is 0 Å². The fourth-order valence-corrected chi connectivity index (χ4v) is 1.59. The van der Waals surface area contributed by atoms with Gasteiger partial charge in [0.2, 0.25) is 0 Å². The van der Waals surface area contributed by atoms with Gasteiger partial charge in [0, 0.05) is 12.0 Å². The van der Waals surface area contributed by atoms with Crippen LogP contribution in [0.1, 0.15) is 18.1 Å². The molecule has 1 heterocycles. The van der Waals surface area contributed by atoms with E-state index >= 15 is 0 Å². The molecule has 0 fully saturated rings. The number of hydrogen-bond acceptors (Lipinski definition) is 2. The topological polar surface area (TPSA) is 29.5 Å². The number of alkyl halides is 3. The number of rotatable bonds is 0. The van der Waals surface area contributed by atoms with Gasteiger partial charge in [-0.3, -0.25) is 0 Å². The molecule has 1 N–H and O–H groups in total. The summed E-state index contributed by atoms with van der Waals surface area (Å²) < 4.78 is 41.9. The molecule has 0 bridgehead atoms. The van der Waals surface area contributed by atoms with Crippen molar-refractivity contribution in [1.29, 1.82) is 0 Å². The molecule has 1 aliphatic rings. The maximum absolute atomic E-state index is 12.4. The first-order valence-electron chi connectivity index (χ1n) is 4.49. The quantitative estimate of drug-likeness (QED) is 0.724. The molecule has 0 aromatic heterocycles. The number of aliphatic hydroxyl groups is 1. The van der Waals surface area contributed by atoms with E-state index in [1.54, 1.807) is 18.2 Å². The fourth-order valence-electron chi connectivity index (χ4n) is 1.59. The highest BCUT2D eigenvalue weighted by atomic mass is 19.4.